The third-order valence-electron chi connectivity index (χ3n) is 3.59. The van der Waals surface area contributed by atoms with Gasteiger partial charge in [-0.15, -0.1) is 11.3 Å². The molecule has 0 aliphatic rings. The molecule has 0 N–H and O–H groups in total. The van der Waals surface area contributed by atoms with E-state index in [4.69, 9.17) is 4.74 Å². The summed E-state index contributed by atoms with van der Waals surface area (Å²) in [7, 11) is 0. The lowest BCUT2D eigenvalue weighted by Gasteiger charge is -2.16. The van der Waals surface area contributed by atoms with Gasteiger partial charge in [-0.05, 0) is 39.7 Å². The molecular formula is C15H20N2O3S. The van der Waals surface area contributed by atoms with Crippen molar-refractivity contribution in [2.45, 2.75) is 47.1 Å². The van der Waals surface area contributed by atoms with Gasteiger partial charge in [-0.1, -0.05) is 6.92 Å². The first-order valence-electron chi connectivity index (χ1n) is 7.04. The SMILES string of the molecule is CCCOC(=O)C(C)n1c(C)nc2sc(C)c(C)c2c1=O. The summed E-state index contributed by atoms with van der Waals surface area (Å²) in [4.78, 5) is 31.0. The van der Waals surface area contributed by atoms with Crippen LogP contribution in [-0.4, -0.2) is 22.1 Å². The largest absolute Gasteiger partial charge is 0.464 e. The predicted octanol–water partition coefficient (Wildman–Crippen LogP) is 2.90. The van der Waals surface area contributed by atoms with E-state index in [-0.39, 0.29) is 5.56 Å². The fourth-order valence-electron chi connectivity index (χ4n) is 2.29. The molecule has 0 amide bonds. The van der Waals surface area contributed by atoms with Crippen LogP contribution in [0.25, 0.3) is 10.2 Å². The van der Waals surface area contributed by atoms with Crippen LogP contribution < -0.4 is 5.56 Å². The zero-order valence-corrected chi connectivity index (χ0v) is 13.8. The summed E-state index contributed by atoms with van der Waals surface area (Å²) in [5, 5.41) is 0.609. The van der Waals surface area contributed by atoms with E-state index in [2.05, 4.69) is 4.98 Å². The molecule has 0 bridgehead atoms. The van der Waals surface area contributed by atoms with E-state index in [1.165, 1.54) is 15.9 Å². The van der Waals surface area contributed by atoms with Crippen molar-refractivity contribution in [3.05, 3.63) is 26.6 Å². The van der Waals surface area contributed by atoms with Crippen LogP contribution in [0.5, 0.6) is 0 Å². The number of aryl methyl sites for hydroxylation is 3. The summed E-state index contributed by atoms with van der Waals surface area (Å²) in [5.41, 5.74) is 0.774. The standard InChI is InChI=1S/C15H20N2O3S/c1-6-7-20-15(19)9(3)17-11(5)16-13-12(14(17)18)8(2)10(4)21-13/h9H,6-7H2,1-5H3. The van der Waals surface area contributed by atoms with Crippen LogP contribution in [0.4, 0.5) is 0 Å². The molecule has 1 unspecified atom stereocenters. The van der Waals surface area contributed by atoms with Crippen LogP contribution in [0.15, 0.2) is 4.79 Å². The van der Waals surface area contributed by atoms with E-state index in [0.717, 1.165) is 21.7 Å². The van der Waals surface area contributed by atoms with E-state index in [1.807, 2.05) is 20.8 Å². The summed E-state index contributed by atoms with van der Waals surface area (Å²) >= 11 is 1.51. The van der Waals surface area contributed by atoms with Gasteiger partial charge in [-0.3, -0.25) is 9.36 Å². The van der Waals surface area contributed by atoms with Gasteiger partial charge in [0.25, 0.3) is 5.56 Å². The Morgan fingerprint density at radius 1 is 1.38 bits per heavy atom. The molecule has 2 aromatic heterocycles. The lowest BCUT2D eigenvalue weighted by atomic mass is 10.2. The normalized spacial score (nSPS) is 12.6. The third-order valence-corrected chi connectivity index (χ3v) is 4.69. The van der Waals surface area contributed by atoms with Crippen LogP contribution in [-0.2, 0) is 9.53 Å². The van der Waals surface area contributed by atoms with Gasteiger partial charge < -0.3 is 4.74 Å². The Hall–Kier alpha value is -1.69. The first-order valence-corrected chi connectivity index (χ1v) is 7.85. The highest BCUT2D eigenvalue weighted by Crippen LogP contribution is 2.26. The molecule has 0 radical (unpaired) electrons. The summed E-state index contributed by atoms with van der Waals surface area (Å²) in [5.74, 6) is 0.141. The van der Waals surface area contributed by atoms with E-state index >= 15 is 0 Å². The van der Waals surface area contributed by atoms with Crippen LogP contribution in [0.1, 0.15) is 42.6 Å². The Bertz CT molecular complexity index is 745. The second-order valence-electron chi connectivity index (χ2n) is 5.14. The zero-order chi connectivity index (χ0) is 15.7. The molecule has 0 fully saturated rings. The molecule has 0 aliphatic heterocycles. The van der Waals surface area contributed by atoms with Crippen molar-refractivity contribution in [1.29, 1.82) is 0 Å². The molecule has 0 saturated heterocycles. The van der Waals surface area contributed by atoms with Crippen LogP contribution in [0.3, 0.4) is 0 Å². The van der Waals surface area contributed by atoms with Gasteiger partial charge in [-0.25, -0.2) is 9.78 Å². The molecule has 2 aromatic rings. The second kappa shape index (κ2) is 5.97. The van der Waals surface area contributed by atoms with E-state index in [1.54, 1.807) is 13.8 Å². The number of rotatable bonds is 4. The quantitative estimate of drug-likeness (QED) is 0.815. The van der Waals surface area contributed by atoms with Crippen LogP contribution in [0, 0.1) is 20.8 Å². The minimum absolute atomic E-state index is 0.166. The number of hydrogen-bond donors (Lipinski definition) is 0. The molecule has 114 valence electrons. The van der Waals surface area contributed by atoms with Gasteiger partial charge in [0.1, 0.15) is 16.7 Å². The number of thiophene rings is 1. The summed E-state index contributed by atoms with van der Waals surface area (Å²) < 4.78 is 6.57. The lowest BCUT2D eigenvalue weighted by molar-refractivity contribution is -0.147. The molecule has 0 aromatic carbocycles. The van der Waals surface area contributed by atoms with Crippen molar-refractivity contribution < 1.29 is 9.53 Å². The minimum atomic E-state index is -0.666. The van der Waals surface area contributed by atoms with Gasteiger partial charge in [0, 0.05) is 4.88 Å². The third kappa shape index (κ3) is 2.72. The summed E-state index contributed by atoms with van der Waals surface area (Å²) in [6.07, 6.45) is 0.756. The number of ether oxygens (including phenoxy) is 1. The molecule has 1 atom stereocenters. The fourth-order valence-corrected chi connectivity index (χ4v) is 3.36. The molecule has 0 spiro atoms. The highest BCUT2D eigenvalue weighted by molar-refractivity contribution is 7.18. The van der Waals surface area contributed by atoms with Crippen LogP contribution in [0.2, 0.25) is 0 Å². The number of fused-ring (bicyclic) bond motifs is 1. The van der Waals surface area contributed by atoms with E-state index in [9.17, 15) is 9.59 Å². The summed E-state index contributed by atoms with van der Waals surface area (Å²) in [6.45, 7) is 9.60. The molecule has 2 rings (SSSR count). The highest BCUT2D eigenvalue weighted by Gasteiger charge is 2.23. The average molecular weight is 308 g/mol. The van der Waals surface area contributed by atoms with Gasteiger partial charge >= 0.3 is 5.97 Å². The Morgan fingerprint density at radius 2 is 2.05 bits per heavy atom. The minimum Gasteiger partial charge on any atom is -0.464 e. The smallest absolute Gasteiger partial charge is 0.329 e. The Kier molecular flexibility index (Phi) is 4.46. The Labute approximate surface area is 127 Å². The molecule has 21 heavy (non-hydrogen) atoms. The Balaban J connectivity index is 2.56. The van der Waals surface area contributed by atoms with Crippen molar-refractivity contribution >= 4 is 27.5 Å². The maximum Gasteiger partial charge on any atom is 0.329 e. The van der Waals surface area contributed by atoms with Gasteiger partial charge in [0.05, 0.1) is 12.0 Å². The first-order chi connectivity index (χ1) is 9.88. The van der Waals surface area contributed by atoms with Crippen LogP contribution >= 0.6 is 11.3 Å². The molecule has 0 aliphatic carbocycles. The number of carbonyl (C=O) groups is 1. The fraction of sp³-hybridized carbons (Fsp3) is 0.533. The van der Waals surface area contributed by atoms with Crippen molar-refractivity contribution in [2.24, 2.45) is 0 Å². The molecular weight excluding hydrogens is 288 g/mol. The number of carbonyl (C=O) groups excluding carboxylic acids is 1. The average Bonchev–Trinajstić information content (AvgIpc) is 2.70. The van der Waals surface area contributed by atoms with Crippen molar-refractivity contribution in [3.63, 3.8) is 0 Å². The lowest BCUT2D eigenvalue weighted by Crippen LogP contribution is -2.32. The van der Waals surface area contributed by atoms with Gasteiger partial charge in [0.15, 0.2) is 0 Å². The Morgan fingerprint density at radius 3 is 2.67 bits per heavy atom. The zero-order valence-electron chi connectivity index (χ0n) is 13.0. The topological polar surface area (TPSA) is 61.2 Å². The number of nitrogens with zero attached hydrogens (tertiary/aromatic N) is 2. The van der Waals surface area contributed by atoms with Crippen molar-refractivity contribution in [3.8, 4) is 0 Å². The van der Waals surface area contributed by atoms with Crippen molar-refractivity contribution in [2.75, 3.05) is 6.61 Å². The molecule has 5 nitrogen and oxygen atoms in total. The number of hydrogen-bond acceptors (Lipinski definition) is 5. The monoisotopic (exact) mass is 308 g/mol. The predicted molar refractivity (Wildman–Crippen MR) is 84.1 cm³/mol. The number of aromatic nitrogens is 2. The van der Waals surface area contributed by atoms with Gasteiger partial charge in [0.2, 0.25) is 0 Å². The highest BCUT2D eigenvalue weighted by atomic mass is 32.1. The maximum absolute atomic E-state index is 12.7. The summed E-state index contributed by atoms with van der Waals surface area (Å²) in [6, 6.07) is -0.666. The van der Waals surface area contributed by atoms with E-state index < -0.39 is 12.0 Å². The molecule has 2 heterocycles. The second-order valence-corrected chi connectivity index (χ2v) is 6.34. The first kappa shape index (κ1) is 15.7. The number of esters is 1. The maximum atomic E-state index is 12.7. The van der Waals surface area contributed by atoms with Gasteiger partial charge in [-0.2, -0.15) is 0 Å². The van der Waals surface area contributed by atoms with E-state index in [0.29, 0.717) is 17.8 Å². The molecule has 6 heteroatoms. The molecule has 0 saturated carbocycles. The van der Waals surface area contributed by atoms with Crippen molar-refractivity contribution in [1.82, 2.24) is 9.55 Å².